The summed E-state index contributed by atoms with van der Waals surface area (Å²) in [5.74, 6) is 0. The van der Waals surface area contributed by atoms with Crippen LogP contribution in [-0.4, -0.2) is 25.8 Å². The molecule has 2 nitrogen and oxygen atoms in total. The van der Waals surface area contributed by atoms with Gasteiger partial charge in [0.15, 0.2) is 0 Å². The Morgan fingerprint density at radius 2 is 2.36 bits per heavy atom. The van der Waals surface area contributed by atoms with Crippen LogP contribution in [0.3, 0.4) is 0 Å². The van der Waals surface area contributed by atoms with Crippen molar-refractivity contribution in [2.75, 3.05) is 19.8 Å². The van der Waals surface area contributed by atoms with Gasteiger partial charge in [0.1, 0.15) is 0 Å². The van der Waals surface area contributed by atoms with Crippen LogP contribution in [0.4, 0.5) is 0 Å². The van der Waals surface area contributed by atoms with Crippen molar-refractivity contribution in [2.45, 2.75) is 25.8 Å². The zero-order valence-electron chi connectivity index (χ0n) is 6.93. The van der Waals surface area contributed by atoms with E-state index in [4.69, 9.17) is 4.74 Å². The fraction of sp³-hybridized carbons (Fsp3) is 1.00. The van der Waals surface area contributed by atoms with E-state index in [0.29, 0.717) is 11.5 Å². The maximum Gasteiger partial charge on any atom is 0.0626 e. The van der Waals surface area contributed by atoms with E-state index < -0.39 is 0 Å². The van der Waals surface area contributed by atoms with E-state index in [1.54, 1.807) is 0 Å². The van der Waals surface area contributed by atoms with Crippen LogP contribution in [0.2, 0.25) is 0 Å². The van der Waals surface area contributed by atoms with Crippen molar-refractivity contribution in [3.8, 4) is 0 Å². The molecule has 0 amide bonds. The largest absolute Gasteiger partial charge is 0.379 e. The lowest BCUT2D eigenvalue weighted by molar-refractivity contribution is 0.149. The fourth-order valence-electron chi connectivity index (χ4n) is 2.03. The smallest absolute Gasteiger partial charge is 0.0626 e. The Bertz CT molecular complexity index is 142. The topological polar surface area (TPSA) is 21.3 Å². The fourth-order valence-corrected chi connectivity index (χ4v) is 2.03. The summed E-state index contributed by atoms with van der Waals surface area (Å²) in [6.45, 7) is 5.40. The highest BCUT2D eigenvalue weighted by Crippen LogP contribution is 2.35. The third kappa shape index (κ3) is 1.53. The van der Waals surface area contributed by atoms with Gasteiger partial charge in [0.05, 0.1) is 13.2 Å². The van der Waals surface area contributed by atoms with E-state index in [9.17, 15) is 0 Å². The van der Waals surface area contributed by atoms with E-state index in [2.05, 4.69) is 12.2 Å². The van der Waals surface area contributed by atoms with Crippen LogP contribution in [0.1, 0.15) is 19.8 Å². The lowest BCUT2D eigenvalue weighted by atomic mass is 9.78. The van der Waals surface area contributed by atoms with Crippen LogP contribution < -0.4 is 5.32 Å². The van der Waals surface area contributed by atoms with Gasteiger partial charge in [0.25, 0.3) is 0 Å². The van der Waals surface area contributed by atoms with Gasteiger partial charge in [-0.1, -0.05) is 6.92 Å². The van der Waals surface area contributed by atoms with Crippen molar-refractivity contribution < 1.29 is 4.74 Å². The highest BCUT2D eigenvalue weighted by molar-refractivity contribution is 5.85. The monoisotopic (exact) mass is 177 g/mol. The Morgan fingerprint density at radius 3 is 3.09 bits per heavy atom. The molecule has 0 aromatic heterocycles. The van der Waals surface area contributed by atoms with Crippen molar-refractivity contribution in [3.05, 3.63) is 0 Å². The van der Waals surface area contributed by atoms with Crippen molar-refractivity contribution in [1.82, 2.24) is 5.32 Å². The molecular formula is C8H16ClNO. The first-order valence-electron chi connectivity index (χ1n) is 4.12. The number of halogens is 1. The minimum atomic E-state index is 0. The number of fused-ring (bicyclic) bond motifs is 1. The quantitative estimate of drug-likeness (QED) is 0.601. The molecule has 2 aliphatic rings. The molecule has 0 saturated carbocycles. The first-order chi connectivity index (χ1) is 4.81. The standard InChI is InChI=1S/C8H15NO.ClH/c1-8-3-2-4-9-7(8)5-10-6-8;/h7,9H,2-6H2,1H3;1H. The third-order valence-corrected chi connectivity index (χ3v) is 2.87. The lowest BCUT2D eigenvalue weighted by Crippen LogP contribution is -2.47. The molecule has 66 valence electrons. The second kappa shape index (κ2) is 3.30. The van der Waals surface area contributed by atoms with Gasteiger partial charge in [0, 0.05) is 11.5 Å². The Kier molecular flexibility index (Phi) is 2.79. The number of rotatable bonds is 0. The molecule has 0 radical (unpaired) electrons. The molecule has 2 atom stereocenters. The molecule has 0 aliphatic carbocycles. The molecule has 2 unspecified atom stereocenters. The van der Waals surface area contributed by atoms with E-state index >= 15 is 0 Å². The summed E-state index contributed by atoms with van der Waals surface area (Å²) in [4.78, 5) is 0. The van der Waals surface area contributed by atoms with Crippen LogP contribution in [0, 0.1) is 5.41 Å². The molecule has 0 bridgehead atoms. The van der Waals surface area contributed by atoms with Crippen LogP contribution >= 0.6 is 12.4 Å². The van der Waals surface area contributed by atoms with Gasteiger partial charge in [0.2, 0.25) is 0 Å². The van der Waals surface area contributed by atoms with Gasteiger partial charge >= 0.3 is 0 Å². The van der Waals surface area contributed by atoms with Crippen molar-refractivity contribution >= 4 is 12.4 Å². The zero-order valence-corrected chi connectivity index (χ0v) is 7.75. The van der Waals surface area contributed by atoms with Gasteiger partial charge in [-0.05, 0) is 19.4 Å². The van der Waals surface area contributed by atoms with Gasteiger partial charge in [-0.2, -0.15) is 0 Å². The summed E-state index contributed by atoms with van der Waals surface area (Å²) < 4.78 is 5.43. The number of piperidine rings is 1. The average molecular weight is 178 g/mol. The summed E-state index contributed by atoms with van der Waals surface area (Å²) >= 11 is 0. The van der Waals surface area contributed by atoms with E-state index in [0.717, 1.165) is 13.2 Å². The van der Waals surface area contributed by atoms with Crippen molar-refractivity contribution in [3.63, 3.8) is 0 Å². The minimum Gasteiger partial charge on any atom is -0.379 e. The summed E-state index contributed by atoms with van der Waals surface area (Å²) in [6.07, 6.45) is 2.65. The normalized spacial score (nSPS) is 42.8. The lowest BCUT2D eigenvalue weighted by Gasteiger charge is -2.34. The van der Waals surface area contributed by atoms with E-state index in [1.165, 1.54) is 19.4 Å². The first kappa shape index (κ1) is 9.30. The predicted molar refractivity (Wildman–Crippen MR) is 47.2 cm³/mol. The van der Waals surface area contributed by atoms with Gasteiger partial charge < -0.3 is 10.1 Å². The molecule has 0 aromatic carbocycles. The molecule has 2 aliphatic heterocycles. The average Bonchev–Trinajstić information content (AvgIpc) is 2.29. The Morgan fingerprint density at radius 1 is 1.55 bits per heavy atom. The number of nitrogens with one attached hydrogen (secondary N) is 1. The molecule has 0 spiro atoms. The molecule has 2 saturated heterocycles. The molecular weight excluding hydrogens is 162 g/mol. The summed E-state index contributed by atoms with van der Waals surface area (Å²) in [6, 6.07) is 0.640. The summed E-state index contributed by atoms with van der Waals surface area (Å²) in [5.41, 5.74) is 0.457. The Hall–Kier alpha value is 0.210. The second-order valence-electron chi connectivity index (χ2n) is 3.78. The molecule has 0 aromatic rings. The SMILES string of the molecule is CC12CCCNC1COC2.Cl. The Labute approximate surface area is 74.1 Å². The highest BCUT2D eigenvalue weighted by Gasteiger charge is 2.41. The van der Waals surface area contributed by atoms with Crippen LogP contribution in [0.25, 0.3) is 0 Å². The molecule has 1 N–H and O–H groups in total. The van der Waals surface area contributed by atoms with Crippen LogP contribution in [0.15, 0.2) is 0 Å². The number of hydrogen-bond acceptors (Lipinski definition) is 2. The predicted octanol–water partition coefficient (Wildman–Crippen LogP) is 1.20. The third-order valence-electron chi connectivity index (χ3n) is 2.87. The van der Waals surface area contributed by atoms with Crippen LogP contribution in [0.5, 0.6) is 0 Å². The highest BCUT2D eigenvalue weighted by atomic mass is 35.5. The number of hydrogen-bond donors (Lipinski definition) is 1. The van der Waals surface area contributed by atoms with E-state index in [1.807, 2.05) is 0 Å². The van der Waals surface area contributed by atoms with Gasteiger partial charge in [-0.15, -0.1) is 12.4 Å². The molecule has 2 fully saturated rings. The summed E-state index contributed by atoms with van der Waals surface area (Å²) in [7, 11) is 0. The zero-order chi connectivity index (χ0) is 7.03. The van der Waals surface area contributed by atoms with Crippen molar-refractivity contribution in [2.24, 2.45) is 5.41 Å². The van der Waals surface area contributed by atoms with Gasteiger partial charge in [-0.25, -0.2) is 0 Å². The van der Waals surface area contributed by atoms with E-state index in [-0.39, 0.29) is 12.4 Å². The minimum absolute atomic E-state index is 0. The van der Waals surface area contributed by atoms with Gasteiger partial charge in [-0.3, -0.25) is 0 Å². The first-order valence-corrected chi connectivity index (χ1v) is 4.12. The molecule has 11 heavy (non-hydrogen) atoms. The number of ether oxygens (including phenoxy) is 1. The second-order valence-corrected chi connectivity index (χ2v) is 3.78. The molecule has 2 heterocycles. The Balaban J connectivity index is 0.000000605. The molecule has 3 heteroatoms. The maximum absolute atomic E-state index is 5.43. The molecule has 2 rings (SSSR count). The summed E-state index contributed by atoms with van der Waals surface area (Å²) in [5, 5.41) is 3.50. The van der Waals surface area contributed by atoms with Crippen LogP contribution in [-0.2, 0) is 4.74 Å². The maximum atomic E-state index is 5.43. The van der Waals surface area contributed by atoms with Crippen molar-refractivity contribution in [1.29, 1.82) is 0 Å².